The molecule has 98 heavy (non-hydrogen) atoms. The van der Waals surface area contributed by atoms with Crippen LogP contribution in [0.5, 0.6) is 0 Å². The topological polar surface area (TPSA) is 727 Å². The van der Waals surface area contributed by atoms with Gasteiger partial charge in [-0.05, 0) is 38.5 Å². The van der Waals surface area contributed by atoms with Crippen LogP contribution in [0, 0.1) is 0 Å². The molecule has 36 N–H and O–H groups in total. The molecule has 8 heterocycles. The Kier molecular flexibility index (Phi) is 26.7. The van der Waals surface area contributed by atoms with Gasteiger partial charge in [-0.15, -0.1) is 10.2 Å². The number of aliphatic hydroxyl groups is 12. The SMILES string of the molecule is NC[C@@H]1O[C@H](O[C@H]2[C@@H](O)[C@H](O[C@@H]3[C@@H](O)[C@H](N)C[C@H](N)[C@H]3O[C@H]3O[C@H](CN)[C@@H](O)[C@H](O)[C@H]3N)O[C@@H]2Cn2cc(CCCCCCc3cn(C[C@H]4O[C@@H](O[C@@H]5[C@@H](O)[C@H](N)C[C@H](N)[C@H]5O[C@H]5O[C@H](CN)[C@@H](O)[C@H](O)[C@H]5N)[C@H](O)[C@@H]4O[C@H]4O[C@@H](CN)[C@@H](O)[C@H](O)[C@H]4N)nn3)nn2)[C@H](N)[C@@H](O)[C@@H]1O. The first-order chi connectivity index (χ1) is 46.7. The van der Waals surface area contributed by atoms with Crippen molar-refractivity contribution in [3.63, 3.8) is 0 Å². The number of aryl methyl sites for hydroxylation is 2. The van der Waals surface area contributed by atoms with Crippen LogP contribution >= 0.6 is 0 Å². The highest BCUT2D eigenvalue weighted by Gasteiger charge is 2.58. The molecule has 10 rings (SSSR count). The maximum absolute atomic E-state index is 12.0. The second-order valence-electron chi connectivity index (χ2n) is 26.9. The van der Waals surface area contributed by atoms with Crippen LogP contribution in [0.15, 0.2) is 12.4 Å². The molecule has 0 amide bonds. The molecule has 2 saturated carbocycles. The van der Waals surface area contributed by atoms with Crippen LogP contribution in [0.4, 0.5) is 0 Å². The molecule has 42 heteroatoms. The first-order valence-electron chi connectivity index (χ1n) is 33.3. The highest BCUT2D eigenvalue weighted by molar-refractivity contribution is 5.06. The van der Waals surface area contributed by atoms with Crippen molar-refractivity contribution >= 4 is 0 Å². The minimum atomic E-state index is -1.68. The fourth-order valence-electron chi connectivity index (χ4n) is 13.9. The van der Waals surface area contributed by atoms with Crippen molar-refractivity contribution in [2.45, 2.75) is 297 Å². The van der Waals surface area contributed by atoms with E-state index < -0.39 is 233 Å². The predicted molar refractivity (Wildman–Crippen MR) is 328 cm³/mol. The summed E-state index contributed by atoms with van der Waals surface area (Å²) in [7, 11) is 0. The smallest absolute Gasteiger partial charge is 0.187 e. The molecule has 38 atom stereocenters. The maximum atomic E-state index is 12.0. The summed E-state index contributed by atoms with van der Waals surface area (Å²) in [6.45, 7) is -1.09. The number of aliphatic hydroxyl groups excluding tert-OH is 12. The van der Waals surface area contributed by atoms with Gasteiger partial charge in [0.25, 0.3) is 0 Å². The van der Waals surface area contributed by atoms with Crippen molar-refractivity contribution < 1.29 is 118 Å². The lowest BCUT2D eigenvalue weighted by atomic mass is 9.84. The van der Waals surface area contributed by atoms with E-state index >= 15 is 0 Å². The van der Waals surface area contributed by atoms with Crippen LogP contribution in [-0.4, -0.2) is 350 Å². The summed E-state index contributed by atoms with van der Waals surface area (Å²) < 4.78 is 76.6. The normalized spacial score (nSPS) is 48.0. The van der Waals surface area contributed by atoms with E-state index in [0.717, 1.165) is 12.8 Å². The van der Waals surface area contributed by atoms with Crippen molar-refractivity contribution in [1.29, 1.82) is 0 Å². The number of ether oxygens (including phenoxy) is 12. The maximum Gasteiger partial charge on any atom is 0.187 e. The molecule has 8 fully saturated rings. The lowest BCUT2D eigenvalue weighted by Gasteiger charge is -2.47. The van der Waals surface area contributed by atoms with E-state index in [-0.39, 0.29) is 52.1 Å². The molecule has 0 spiro atoms. The van der Waals surface area contributed by atoms with Crippen LogP contribution in [0.2, 0.25) is 0 Å². The highest BCUT2D eigenvalue weighted by atomic mass is 16.8. The second kappa shape index (κ2) is 33.7. The van der Waals surface area contributed by atoms with E-state index in [1.807, 2.05) is 0 Å². The Hall–Kier alpha value is -3.16. The minimum absolute atomic E-state index is 0.0316. The van der Waals surface area contributed by atoms with Crippen LogP contribution in [0.1, 0.15) is 49.9 Å². The van der Waals surface area contributed by atoms with Gasteiger partial charge >= 0.3 is 0 Å². The van der Waals surface area contributed by atoms with Gasteiger partial charge in [-0.3, -0.25) is 0 Å². The van der Waals surface area contributed by atoms with Gasteiger partial charge in [-0.2, -0.15) is 0 Å². The third-order valence-corrected chi connectivity index (χ3v) is 19.9. The van der Waals surface area contributed by atoms with Crippen molar-refractivity contribution in [3.05, 3.63) is 23.8 Å². The quantitative estimate of drug-likeness (QED) is 0.0369. The zero-order valence-corrected chi connectivity index (χ0v) is 53.9. The highest BCUT2D eigenvalue weighted by Crippen LogP contribution is 2.38. The van der Waals surface area contributed by atoms with Gasteiger partial charge in [0.2, 0.25) is 0 Å². The number of nitrogens with zero attached hydrogens (tertiary/aromatic N) is 6. The monoisotopic (exact) mass is 1410 g/mol. The fraction of sp³-hybridized carbons (Fsp3) is 0.929. The molecule has 0 radical (unpaired) electrons. The zero-order chi connectivity index (χ0) is 70.9. The van der Waals surface area contributed by atoms with Gasteiger partial charge in [0, 0.05) is 62.7 Å². The first-order valence-corrected chi connectivity index (χ1v) is 33.3. The molecular formula is C56H104N18O24. The third-order valence-electron chi connectivity index (χ3n) is 19.9. The number of nitrogens with two attached hydrogens (primary N) is 12. The Morgan fingerprint density at radius 3 is 0.898 bits per heavy atom. The summed E-state index contributed by atoms with van der Waals surface area (Å²) in [5.41, 5.74) is 75.3. The Morgan fingerprint density at radius 2 is 0.602 bits per heavy atom. The Morgan fingerprint density at radius 1 is 0.327 bits per heavy atom. The van der Waals surface area contributed by atoms with Crippen molar-refractivity contribution in [2.24, 2.45) is 68.8 Å². The van der Waals surface area contributed by atoms with Gasteiger partial charge in [-0.25, -0.2) is 9.36 Å². The first kappa shape index (κ1) is 77.5. The van der Waals surface area contributed by atoms with Gasteiger partial charge in [0.1, 0.15) is 134 Å². The fourth-order valence-corrected chi connectivity index (χ4v) is 13.9. The summed E-state index contributed by atoms with van der Waals surface area (Å²) in [4.78, 5) is 0. The van der Waals surface area contributed by atoms with Crippen LogP contribution < -0.4 is 68.8 Å². The van der Waals surface area contributed by atoms with Gasteiger partial charge in [0.15, 0.2) is 37.7 Å². The number of aromatic nitrogens is 6. The lowest BCUT2D eigenvalue weighted by molar-refractivity contribution is -0.306. The van der Waals surface area contributed by atoms with Crippen LogP contribution in [-0.2, 0) is 82.8 Å². The van der Waals surface area contributed by atoms with Gasteiger partial charge in [0.05, 0.1) is 60.9 Å². The van der Waals surface area contributed by atoms with Crippen LogP contribution in [0.3, 0.4) is 0 Å². The molecule has 0 bridgehead atoms. The molecular weight excluding hydrogens is 1310 g/mol. The number of hydrogen-bond acceptors (Lipinski definition) is 40. The summed E-state index contributed by atoms with van der Waals surface area (Å²) in [5.74, 6) is 0. The van der Waals surface area contributed by atoms with Gasteiger partial charge in [-0.1, -0.05) is 23.3 Å². The predicted octanol–water partition coefficient (Wildman–Crippen LogP) is -15.5. The van der Waals surface area contributed by atoms with E-state index in [4.69, 9.17) is 126 Å². The molecule has 2 aromatic heterocycles. The summed E-state index contributed by atoms with van der Waals surface area (Å²) in [6, 6.07) is -9.02. The molecule has 0 unspecified atom stereocenters. The molecule has 6 saturated heterocycles. The van der Waals surface area contributed by atoms with E-state index in [1.165, 1.54) is 9.36 Å². The molecule has 0 aromatic carbocycles. The summed E-state index contributed by atoms with van der Waals surface area (Å²) >= 11 is 0. The van der Waals surface area contributed by atoms with E-state index in [1.54, 1.807) is 12.4 Å². The van der Waals surface area contributed by atoms with E-state index in [9.17, 15) is 61.3 Å². The largest absolute Gasteiger partial charge is 0.389 e. The average Bonchev–Trinajstić information content (AvgIpc) is 1.53. The zero-order valence-electron chi connectivity index (χ0n) is 53.9. The van der Waals surface area contributed by atoms with Crippen molar-refractivity contribution in [2.75, 3.05) is 26.2 Å². The third kappa shape index (κ3) is 16.8. The molecule has 2 aromatic rings. The number of rotatable bonds is 27. The van der Waals surface area contributed by atoms with Crippen molar-refractivity contribution in [3.8, 4) is 0 Å². The molecule has 8 aliphatic rings. The second-order valence-corrected chi connectivity index (χ2v) is 26.9. The van der Waals surface area contributed by atoms with Gasteiger partial charge < -0.3 is 187 Å². The number of hydrogen-bond donors (Lipinski definition) is 24. The Labute approximate surface area is 562 Å². The lowest BCUT2D eigenvalue weighted by Crippen LogP contribution is -2.68. The average molecular weight is 1410 g/mol. The molecule has 2 aliphatic carbocycles. The standard InChI is InChI=1S/C56H104N18O24/c57-9-23-35(77)39(81)29(65)51(87-23)93-45-21(63)7-19(61)33(75)49(45)97-55-43(85)47(95-53-31(67)41(83)37(79)25(11-59)89-53)27(91-55)15-73-13-17(69-71-73)5-3-1-2-4-6-18-14-74(72-70-18)16-28-48(96-54-32(68)42(84)38(80)26(12-60)90-54)44(86)56(92-28)98-50-34(76)20(62)8-22(64)46(50)94-52-30(66)40(82)36(78)24(10-58)88-52/h13-14,19-56,75-86H,1-12,15-16,57-68H2/t19-,20-,21+,22+,23-,24-,25+,26+,27-,28-,29-,30-,31-,32-,33+,34+,35-,36-,37-,38-,39-,40-,41-,42-,43-,44-,45-,46-,47-,48-,49-,50-,51-,52-,53-,54-,55+,56+/m1/s1. The van der Waals surface area contributed by atoms with E-state index in [2.05, 4.69) is 20.6 Å². The Bertz CT molecular complexity index is 2590. The van der Waals surface area contributed by atoms with E-state index in [0.29, 0.717) is 37.1 Å². The molecule has 562 valence electrons. The molecule has 6 aliphatic heterocycles. The Balaban J connectivity index is 0.757. The summed E-state index contributed by atoms with van der Waals surface area (Å²) in [6.07, 6.45) is -34.4. The molecule has 42 nitrogen and oxygen atoms in total. The van der Waals surface area contributed by atoms with Crippen LogP contribution in [0.25, 0.3) is 0 Å². The minimum Gasteiger partial charge on any atom is -0.389 e. The number of unbranched alkanes of at least 4 members (excludes halogenated alkanes) is 3. The summed E-state index contributed by atoms with van der Waals surface area (Å²) in [5, 5.41) is 150. The van der Waals surface area contributed by atoms with Crippen molar-refractivity contribution in [1.82, 2.24) is 30.0 Å².